The second kappa shape index (κ2) is 12.8. The lowest BCUT2D eigenvalue weighted by molar-refractivity contribution is 0.104. The summed E-state index contributed by atoms with van der Waals surface area (Å²) in [4.78, 5) is 18.6. The number of nitrogens with zero attached hydrogens (tertiary/aromatic N) is 4. The van der Waals surface area contributed by atoms with E-state index in [1.807, 2.05) is 86.6 Å². The van der Waals surface area contributed by atoms with Gasteiger partial charge in [0.2, 0.25) is 0 Å². The van der Waals surface area contributed by atoms with Gasteiger partial charge in [-0.2, -0.15) is 0 Å². The molecule has 0 bridgehead atoms. The van der Waals surface area contributed by atoms with E-state index in [2.05, 4.69) is 46.4 Å². The van der Waals surface area contributed by atoms with Crippen LogP contribution in [0.3, 0.4) is 0 Å². The second-order valence-corrected chi connectivity index (χ2v) is 10.4. The van der Waals surface area contributed by atoms with Gasteiger partial charge >= 0.3 is 0 Å². The highest BCUT2D eigenvalue weighted by Gasteiger charge is 2.06. The zero-order chi connectivity index (χ0) is 28.7. The molecule has 0 atom stereocenters. The van der Waals surface area contributed by atoms with Gasteiger partial charge in [0.15, 0.2) is 0 Å². The molecule has 0 amide bonds. The van der Waals surface area contributed by atoms with Crippen LogP contribution >= 0.6 is 0 Å². The number of aromatic nitrogens is 4. The van der Waals surface area contributed by atoms with Gasteiger partial charge in [0.1, 0.15) is 0 Å². The molecule has 0 fully saturated rings. The van der Waals surface area contributed by atoms with Gasteiger partial charge in [0, 0.05) is 11.4 Å². The first-order valence-electron chi connectivity index (χ1n) is 14.1. The predicted molar refractivity (Wildman–Crippen MR) is 165 cm³/mol. The quantitative estimate of drug-likeness (QED) is 0.173. The van der Waals surface area contributed by atoms with E-state index in [1.54, 1.807) is 0 Å². The summed E-state index contributed by atoms with van der Waals surface area (Å²) in [6.07, 6.45) is 0. The van der Waals surface area contributed by atoms with Crippen molar-refractivity contribution in [1.82, 2.24) is 19.9 Å². The SMILES string of the molecule is Cc1cccc(-c2cccc(COCc3ccc4cc(COCc5cccc(-c6cccc(C)n6)n5)ccc4c3)n2)n1. The molecule has 0 aliphatic carbocycles. The van der Waals surface area contributed by atoms with E-state index < -0.39 is 0 Å². The van der Waals surface area contributed by atoms with Crippen LogP contribution in [0.5, 0.6) is 0 Å². The Hall–Kier alpha value is -4.78. The maximum Gasteiger partial charge on any atom is 0.0892 e. The molecule has 4 aromatic heterocycles. The Morgan fingerprint density at radius 3 is 1.26 bits per heavy atom. The number of fused-ring (bicyclic) bond motifs is 1. The first-order chi connectivity index (χ1) is 20.6. The van der Waals surface area contributed by atoms with E-state index in [0.29, 0.717) is 26.4 Å². The third kappa shape index (κ3) is 6.92. The average molecular weight is 553 g/mol. The van der Waals surface area contributed by atoms with Crippen molar-refractivity contribution in [2.24, 2.45) is 0 Å². The highest BCUT2D eigenvalue weighted by molar-refractivity contribution is 5.83. The first kappa shape index (κ1) is 27.4. The monoisotopic (exact) mass is 552 g/mol. The summed E-state index contributed by atoms with van der Waals surface area (Å²) in [5.41, 5.74) is 9.42. The second-order valence-electron chi connectivity index (χ2n) is 10.4. The molecule has 0 radical (unpaired) electrons. The Bertz CT molecular complexity index is 1700. The number of hydrogen-bond donors (Lipinski definition) is 0. The van der Waals surface area contributed by atoms with Crippen LogP contribution in [0.4, 0.5) is 0 Å². The highest BCUT2D eigenvalue weighted by atomic mass is 16.5. The molecule has 4 heterocycles. The van der Waals surface area contributed by atoms with Crippen molar-refractivity contribution < 1.29 is 9.47 Å². The first-order valence-corrected chi connectivity index (χ1v) is 14.1. The Labute approximate surface area is 246 Å². The van der Waals surface area contributed by atoms with Crippen LogP contribution < -0.4 is 0 Å². The van der Waals surface area contributed by atoms with Crippen molar-refractivity contribution in [2.45, 2.75) is 40.3 Å². The smallest absolute Gasteiger partial charge is 0.0892 e. The van der Waals surface area contributed by atoms with Crippen molar-refractivity contribution in [3.8, 4) is 22.8 Å². The number of benzene rings is 2. The van der Waals surface area contributed by atoms with Crippen molar-refractivity contribution in [2.75, 3.05) is 0 Å². The van der Waals surface area contributed by atoms with Gasteiger partial charge in [0.05, 0.1) is 60.6 Å². The Balaban J connectivity index is 1.03. The van der Waals surface area contributed by atoms with E-state index in [0.717, 1.165) is 56.7 Å². The van der Waals surface area contributed by atoms with Crippen molar-refractivity contribution in [3.05, 3.63) is 143 Å². The molecule has 208 valence electrons. The molecule has 2 aromatic carbocycles. The highest BCUT2D eigenvalue weighted by Crippen LogP contribution is 2.21. The lowest BCUT2D eigenvalue weighted by Crippen LogP contribution is -1.99. The molecule has 0 N–H and O–H groups in total. The van der Waals surface area contributed by atoms with E-state index >= 15 is 0 Å². The van der Waals surface area contributed by atoms with Gasteiger partial charge in [-0.15, -0.1) is 0 Å². The van der Waals surface area contributed by atoms with Crippen LogP contribution in [0.1, 0.15) is 33.9 Å². The fraction of sp³-hybridized carbons (Fsp3) is 0.167. The Kier molecular flexibility index (Phi) is 8.36. The largest absolute Gasteiger partial charge is 0.370 e. The summed E-state index contributed by atoms with van der Waals surface area (Å²) < 4.78 is 12.0. The van der Waals surface area contributed by atoms with Gasteiger partial charge in [-0.25, -0.2) is 9.97 Å². The minimum Gasteiger partial charge on any atom is -0.370 e. The summed E-state index contributed by atoms with van der Waals surface area (Å²) in [6, 6.07) is 36.7. The molecule has 0 aliphatic rings. The molecular formula is C36H32N4O2. The van der Waals surface area contributed by atoms with Crippen LogP contribution in [-0.2, 0) is 35.9 Å². The molecule has 0 aliphatic heterocycles. The number of rotatable bonds is 10. The lowest BCUT2D eigenvalue weighted by Gasteiger charge is -2.09. The summed E-state index contributed by atoms with van der Waals surface area (Å²) >= 11 is 0. The third-order valence-electron chi connectivity index (χ3n) is 6.92. The Morgan fingerprint density at radius 2 is 0.833 bits per heavy atom. The standard InChI is InChI=1S/C36H32N4O2/c1-25-7-3-11-33(37-25)35-13-5-9-31(39-35)23-41-21-27-15-17-30-20-28(16-18-29(30)19-27)22-42-24-32-10-6-14-36(40-32)34-12-4-8-26(2)38-34/h3-20H,21-24H2,1-2H3. The zero-order valence-corrected chi connectivity index (χ0v) is 23.8. The molecule has 6 nitrogen and oxygen atoms in total. The molecule has 0 saturated carbocycles. The number of pyridine rings is 4. The number of hydrogen-bond acceptors (Lipinski definition) is 6. The maximum atomic E-state index is 6.02. The van der Waals surface area contributed by atoms with E-state index in [9.17, 15) is 0 Å². The number of ether oxygens (including phenoxy) is 2. The van der Waals surface area contributed by atoms with Gasteiger partial charge < -0.3 is 9.47 Å². The molecule has 42 heavy (non-hydrogen) atoms. The molecule has 6 heteroatoms. The fourth-order valence-electron chi connectivity index (χ4n) is 4.85. The van der Waals surface area contributed by atoms with Crippen LogP contribution in [-0.4, -0.2) is 19.9 Å². The minimum atomic E-state index is 0.438. The van der Waals surface area contributed by atoms with Crippen LogP contribution in [0.2, 0.25) is 0 Å². The van der Waals surface area contributed by atoms with Crippen molar-refractivity contribution in [3.63, 3.8) is 0 Å². The van der Waals surface area contributed by atoms with Crippen LogP contribution in [0, 0.1) is 13.8 Å². The van der Waals surface area contributed by atoms with Gasteiger partial charge in [0.25, 0.3) is 0 Å². The molecule has 6 rings (SSSR count). The van der Waals surface area contributed by atoms with Gasteiger partial charge in [-0.3, -0.25) is 9.97 Å². The normalized spacial score (nSPS) is 11.2. The van der Waals surface area contributed by atoms with Crippen LogP contribution in [0.25, 0.3) is 33.5 Å². The average Bonchev–Trinajstić information content (AvgIpc) is 3.01. The van der Waals surface area contributed by atoms with Gasteiger partial charge in [-0.1, -0.05) is 48.5 Å². The summed E-state index contributed by atoms with van der Waals surface area (Å²) in [5, 5.41) is 2.34. The fourth-order valence-corrected chi connectivity index (χ4v) is 4.85. The van der Waals surface area contributed by atoms with Crippen molar-refractivity contribution >= 4 is 10.8 Å². The summed E-state index contributed by atoms with van der Waals surface area (Å²) in [5.74, 6) is 0. The van der Waals surface area contributed by atoms with Crippen molar-refractivity contribution in [1.29, 1.82) is 0 Å². The van der Waals surface area contributed by atoms with E-state index in [4.69, 9.17) is 19.4 Å². The maximum absolute atomic E-state index is 6.02. The molecule has 0 spiro atoms. The Morgan fingerprint density at radius 1 is 0.429 bits per heavy atom. The summed E-state index contributed by atoms with van der Waals surface area (Å²) in [7, 11) is 0. The van der Waals surface area contributed by atoms with Crippen LogP contribution in [0.15, 0.2) is 109 Å². The van der Waals surface area contributed by atoms with Gasteiger partial charge in [-0.05, 0) is 96.4 Å². The number of aryl methyl sites for hydroxylation is 2. The summed E-state index contributed by atoms with van der Waals surface area (Å²) in [6.45, 7) is 5.87. The molecule has 0 unspecified atom stereocenters. The molecule has 0 saturated heterocycles. The topological polar surface area (TPSA) is 70.0 Å². The van der Waals surface area contributed by atoms with E-state index in [1.165, 1.54) is 10.8 Å². The molecule has 6 aromatic rings. The zero-order valence-electron chi connectivity index (χ0n) is 23.8. The molecular weight excluding hydrogens is 520 g/mol. The van der Waals surface area contributed by atoms with E-state index in [-0.39, 0.29) is 0 Å². The third-order valence-corrected chi connectivity index (χ3v) is 6.92. The predicted octanol–water partition coefficient (Wildman–Crippen LogP) is 7.80. The minimum absolute atomic E-state index is 0.438. The lowest BCUT2D eigenvalue weighted by atomic mass is 10.0.